The fourth-order valence-electron chi connectivity index (χ4n) is 2.45. The number of phenols is 1. The largest absolute Gasteiger partial charge is 0.506 e. The van der Waals surface area contributed by atoms with Gasteiger partial charge in [0, 0.05) is 5.56 Å². The molecule has 0 radical (unpaired) electrons. The van der Waals surface area contributed by atoms with E-state index in [-0.39, 0.29) is 11.4 Å². The molecule has 1 aliphatic rings. The number of aromatic nitrogens is 2. The van der Waals surface area contributed by atoms with Crippen LogP contribution in [0.5, 0.6) is 5.75 Å². The number of H-pyrrole nitrogens is 1. The van der Waals surface area contributed by atoms with E-state index >= 15 is 0 Å². The van der Waals surface area contributed by atoms with Crippen LogP contribution in [0.4, 0.5) is 0 Å². The number of aromatic carboxylic acids is 1. The standard InChI is InChI=1S/C13H11ClN2O3/c14-11-7-3-1-2-6(7)4-8(12(11)17)9-5-10(13(18)19)16-15-9/h4-5,17H,1-3H2,(H,15,16)(H,18,19). The number of carbonyl (C=O) groups is 1. The van der Waals surface area contributed by atoms with Gasteiger partial charge in [0.2, 0.25) is 0 Å². The van der Waals surface area contributed by atoms with Crippen molar-refractivity contribution in [2.45, 2.75) is 19.3 Å². The van der Waals surface area contributed by atoms with Crippen LogP contribution in [0.1, 0.15) is 28.0 Å². The molecule has 0 saturated carbocycles. The molecule has 0 aliphatic heterocycles. The van der Waals surface area contributed by atoms with E-state index in [1.54, 1.807) is 0 Å². The Morgan fingerprint density at radius 3 is 2.84 bits per heavy atom. The van der Waals surface area contributed by atoms with Gasteiger partial charge in [-0.15, -0.1) is 0 Å². The SMILES string of the molecule is O=C(O)c1cc(-c2cc3c(c(Cl)c2O)CCC3)n[nH]1. The van der Waals surface area contributed by atoms with Crippen molar-refractivity contribution in [3.05, 3.63) is 34.0 Å². The Balaban J connectivity index is 2.14. The number of nitrogens with zero attached hydrogens (tertiary/aromatic N) is 1. The van der Waals surface area contributed by atoms with E-state index in [2.05, 4.69) is 10.2 Å². The zero-order chi connectivity index (χ0) is 13.6. The molecular formula is C13H11ClN2O3. The number of nitrogens with one attached hydrogen (secondary N) is 1. The molecule has 1 aromatic heterocycles. The van der Waals surface area contributed by atoms with E-state index in [1.165, 1.54) is 6.07 Å². The van der Waals surface area contributed by atoms with Gasteiger partial charge in [-0.05, 0) is 42.5 Å². The zero-order valence-corrected chi connectivity index (χ0v) is 10.7. The maximum Gasteiger partial charge on any atom is 0.353 e. The lowest BCUT2D eigenvalue weighted by Gasteiger charge is -2.09. The molecule has 2 aromatic rings. The summed E-state index contributed by atoms with van der Waals surface area (Å²) in [5, 5.41) is 25.7. The Hall–Kier alpha value is -2.01. The van der Waals surface area contributed by atoms with Crippen molar-refractivity contribution in [3.8, 4) is 17.0 Å². The highest BCUT2D eigenvalue weighted by atomic mass is 35.5. The summed E-state index contributed by atoms with van der Waals surface area (Å²) >= 11 is 6.16. The number of aromatic amines is 1. The number of hydrogen-bond donors (Lipinski definition) is 3. The highest BCUT2D eigenvalue weighted by molar-refractivity contribution is 6.33. The molecule has 3 rings (SSSR count). The fraction of sp³-hybridized carbons (Fsp3) is 0.231. The van der Waals surface area contributed by atoms with Crippen LogP contribution in [0, 0.1) is 0 Å². The molecule has 5 nitrogen and oxygen atoms in total. The van der Waals surface area contributed by atoms with Gasteiger partial charge in [-0.1, -0.05) is 11.6 Å². The number of carboxylic acids is 1. The number of rotatable bonds is 2. The van der Waals surface area contributed by atoms with E-state index in [0.717, 1.165) is 30.4 Å². The highest BCUT2D eigenvalue weighted by Crippen LogP contribution is 2.42. The number of aromatic hydroxyl groups is 1. The summed E-state index contributed by atoms with van der Waals surface area (Å²) in [5.41, 5.74) is 2.90. The number of hydrogen-bond acceptors (Lipinski definition) is 3. The van der Waals surface area contributed by atoms with Gasteiger partial charge in [-0.25, -0.2) is 4.79 Å². The van der Waals surface area contributed by atoms with Crippen LogP contribution in [0.25, 0.3) is 11.3 Å². The molecule has 98 valence electrons. The summed E-state index contributed by atoms with van der Waals surface area (Å²) in [7, 11) is 0. The Kier molecular flexibility index (Phi) is 2.71. The molecule has 0 spiro atoms. The molecule has 0 saturated heterocycles. The lowest BCUT2D eigenvalue weighted by molar-refractivity contribution is 0.0690. The fourth-order valence-corrected chi connectivity index (χ4v) is 2.76. The molecule has 6 heteroatoms. The topological polar surface area (TPSA) is 86.2 Å². The van der Waals surface area contributed by atoms with Gasteiger partial charge < -0.3 is 10.2 Å². The van der Waals surface area contributed by atoms with Gasteiger partial charge in [-0.2, -0.15) is 5.10 Å². The van der Waals surface area contributed by atoms with Crippen LogP contribution in [-0.2, 0) is 12.8 Å². The quantitative estimate of drug-likeness (QED) is 0.788. The first-order valence-corrected chi connectivity index (χ1v) is 6.28. The summed E-state index contributed by atoms with van der Waals surface area (Å²) in [6.07, 6.45) is 2.79. The second-order valence-corrected chi connectivity index (χ2v) is 4.93. The monoisotopic (exact) mass is 278 g/mol. The minimum atomic E-state index is -1.09. The minimum Gasteiger partial charge on any atom is -0.506 e. The van der Waals surface area contributed by atoms with E-state index in [1.807, 2.05) is 6.07 Å². The van der Waals surface area contributed by atoms with Gasteiger partial charge in [0.15, 0.2) is 0 Å². The number of phenolic OH excluding ortho intramolecular Hbond substituents is 1. The maximum atomic E-state index is 10.8. The first-order valence-electron chi connectivity index (χ1n) is 5.90. The predicted octanol–water partition coefficient (Wildman–Crippen LogP) is 2.62. The maximum absolute atomic E-state index is 10.8. The van der Waals surface area contributed by atoms with Crippen LogP contribution in [-0.4, -0.2) is 26.4 Å². The van der Waals surface area contributed by atoms with Crippen molar-refractivity contribution < 1.29 is 15.0 Å². The average Bonchev–Trinajstić information content (AvgIpc) is 3.01. The van der Waals surface area contributed by atoms with Crippen LogP contribution < -0.4 is 0 Å². The normalized spacial score (nSPS) is 13.5. The van der Waals surface area contributed by atoms with E-state index in [9.17, 15) is 9.90 Å². The van der Waals surface area contributed by atoms with Crippen LogP contribution >= 0.6 is 11.6 Å². The first-order chi connectivity index (χ1) is 9.08. The van der Waals surface area contributed by atoms with Crippen LogP contribution in [0.3, 0.4) is 0 Å². The summed E-state index contributed by atoms with van der Waals surface area (Å²) in [6.45, 7) is 0. The van der Waals surface area contributed by atoms with Gasteiger partial charge in [0.1, 0.15) is 11.4 Å². The third-order valence-electron chi connectivity index (χ3n) is 3.39. The van der Waals surface area contributed by atoms with Crippen molar-refractivity contribution in [1.82, 2.24) is 10.2 Å². The third kappa shape index (κ3) is 1.86. The summed E-state index contributed by atoms with van der Waals surface area (Å²) in [5.74, 6) is -1.13. The molecule has 1 heterocycles. The molecule has 1 aromatic carbocycles. The van der Waals surface area contributed by atoms with Gasteiger partial charge in [0.05, 0.1) is 10.7 Å². The summed E-state index contributed by atoms with van der Waals surface area (Å²) in [4.78, 5) is 10.8. The molecule has 0 bridgehead atoms. The lowest BCUT2D eigenvalue weighted by atomic mass is 10.0. The highest BCUT2D eigenvalue weighted by Gasteiger charge is 2.22. The third-order valence-corrected chi connectivity index (χ3v) is 3.80. The molecule has 0 fully saturated rings. The van der Waals surface area contributed by atoms with E-state index in [4.69, 9.17) is 16.7 Å². The van der Waals surface area contributed by atoms with E-state index < -0.39 is 5.97 Å². The van der Waals surface area contributed by atoms with Gasteiger partial charge in [0.25, 0.3) is 0 Å². The Bertz CT molecular complexity index is 679. The lowest BCUT2D eigenvalue weighted by Crippen LogP contribution is -1.95. The predicted molar refractivity (Wildman–Crippen MR) is 69.7 cm³/mol. The van der Waals surface area contributed by atoms with Crippen LogP contribution in [0.15, 0.2) is 12.1 Å². The molecule has 0 amide bonds. The number of aryl methyl sites for hydroxylation is 1. The van der Waals surface area contributed by atoms with Crippen molar-refractivity contribution in [2.24, 2.45) is 0 Å². The second kappa shape index (κ2) is 4.28. The van der Waals surface area contributed by atoms with Gasteiger partial charge >= 0.3 is 5.97 Å². The van der Waals surface area contributed by atoms with Gasteiger partial charge in [-0.3, -0.25) is 5.10 Å². The molecule has 0 unspecified atom stereocenters. The average molecular weight is 279 g/mol. The van der Waals surface area contributed by atoms with Crippen molar-refractivity contribution in [2.75, 3.05) is 0 Å². The van der Waals surface area contributed by atoms with Crippen molar-refractivity contribution in [3.63, 3.8) is 0 Å². The smallest absolute Gasteiger partial charge is 0.353 e. The second-order valence-electron chi connectivity index (χ2n) is 4.55. The molecule has 19 heavy (non-hydrogen) atoms. The van der Waals surface area contributed by atoms with Crippen molar-refractivity contribution >= 4 is 17.6 Å². The molecular weight excluding hydrogens is 268 g/mol. The number of benzene rings is 1. The molecule has 3 N–H and O–H groups in total. The Labute approximate surface area is 113 Å². The summed E-state index contributed by atoms with van der Waals surface area (Å²) < 4.78 is 0. The minimum absolute atomic E-state index is 0.0222. The molecule has 0 atom stereocenters. The summed E-state index contributed by atoms with van der Waals surface area (Å²) in [6, 6.07) is 3.22. The number of carboxylic acid groups (broad SMARTS) is 1. The molecule has 1 aliphatic carbocycles. The Morgan fingerprint density at radius 1 is 1.37 bits per heavy atom. The number of fused-ring (bicyclic) bond motifs is 1. The first kappa shape index (κ1) is 12.0. The Morgan fingerprint density at radius 2 is 2.16 bits per heavy atom. The van der Waals surface area contributed by atoms with Crippen LogP contribution in [0.2, 0.25) is 5.02 Å². The van der Waals surface area contributed by atoms with E-state index in [0.29, 0.717) is 16.3 Å². The zero-order valence-electron chi connectivity index (χ0n) is 9.90. The number of halogens is 1. The van der Waals surface area contributed by atoms with Crippen molar-refractivity contribution in [1.29, 1.82) is 0 Å².